The van der Waals surface area contributed by atoms with Crippen molar-refractivity contribution < 1.29 is 0 Å². The van der Waals surface area contributed by atoms with E-state index in [1.807, 2.05) is 18.9 Å². The van der Waals surface area contributed by atoms with E-state index in [1.54, 1.807) is 6.08 Å². The number of hydrogen-bond donors (Lipinski definition) is 1. The lowest BCUT2D eigenvalue weighted by Crippen LogP contribution is -2.56. The topological polar surface area (TPSA) is 18.5 Å². The zero-order chi connectivity index (χ0) is 22.4. The van der Waals surface area contributed by atoms with Gasteiger partial charge in [0.05, 0.1) is 4.75 Å². The van der Waals surface area contributed by atoms with Crippen LogP contribution in [-0.2, 0) is 4.75 Å². The number of nitrogens with zero attached hydrogens (tertiary/aromatic N) is 2. The number of nitrogens with one attached hydrogen (secondary N) is 1. The van der Waals surface area contributed by atoms with Crippen molar-refractivity contribution in [3.8, 4) is 0 Å². The molecule has 2 rings (SSSR count). The van der Waals surface area contributed by atoms with Crippen LogP contribution in [0.25, 0.3) is 0 Å². The van der Waals surface area contributed by atoms with Crippen LogP contribution in [0.1, 0.15) is 58.9 Å². The molecule has 1 aliphatic rings. The quantitative estimate of drug-likeness (QED) is 0.241. The summed E-state index contributed by atoms with van der Waals surface area (Å²) in [4.78, 5) is 0. The molecular weight excluding hydrogens is 372 g/mol. The van der Waals surface area contributed by atoms with Crippen LogP contribution < -0.4 is 5.23 Å². The molecule has 0 unspecified atom stereocenters. The van der Waals surface area contributed by atoms with Gasteiger partial charge >= 0.3 is 14.0 Å². The Kier molecular flexibility index (Phi) is 14.3. The van der Waals surface area contributed by atoms with E-state index in [1.165, 1.54) is 36.9 Å². The van der Waals surface area contributed by atoms with E-state index >= 15 is 0 Å². The molecule has 0 aromatic heterocycles. The molecule has 0 saturated carbocycles. The maximum absolute atomic E-state index is 3.79. The van der Waals surface area contributed by atoms with Gasteiger partial charge in [-0.3, -0.25) is 4.22 Å². The lowest BCUT2D eigenvalue weighted by atomic mass is 9.62. The summed E-state index contributed by atoms with van der Waals surface area (Å²) < 4.78 is 5.07. The summed E-state index contributed by atoms with van der Waals surface area (Å²) in [6, 6.07) is 8.77. The number of rotatable bonds is 5. The zero-order valence-corrected chi connectivity index (χ0v) is 20.8. The van der Waals surface area contributed by atoms with Gasteiger partial charge in [0.2, 0.25) is 0 Å². The van der Waals surface area contributed by atoms with Gasteiger partial charge in [-0.2, -0.15) is 0 Å². The van der Waals surface area contributed by atoms with Crippen molar-refractivity contribution in [1.29, 1.82) is 0 Å². The number of benzene rings is 1. The van der Waals surface area contributed by atoms with Gasteiger partial charge in [-0.15, -0.1) is 19.7 Å². The second kappa shape index (κ2) is 14.8. The van der Waals surface area contributed by atoms with Gasteiger partial charge in [0.1, 0.15) is 0 Å². The number of hydrogen-bond acceptors (Lipinski definition) is 4. The normalized spacial score (nSPS) is 16.5. The molecule has 1 aromatic rings. The minimum absolute atomic E-state index is 0.0462. The minimum atomic E-state index is 0.0462. The van der Waals surface area contributed by atoms with Gasteiger partial charge in [0.25, 0.3) is 0 Å². The molecule has 0 spiro atoms. The van der Waals surface area contributed by atoms with E-state index in [4.69, 9.17) is 0 Å². The van der Waals surface area contributed by atoms with Gasteiger partial charge in [-0.1, -0.05) is 76.1 Å². The lowest BCUT2D eigenvalue weighted by Gasteiger charge is -2.36. The molecule has 0 bridgehead atoms. The number of fused-ring (bicyclic) bond motifs is 1. The molecule has 0 atom stereocenters. The molecular formula is C23H43B2N3S. The van der Waals surface area contributed by atoms with Crippen LogP contribution in [0.3, 0.4) is 0 Å². The molecule has 0 aliphatic carbocycles. The molecule has 1 N–H and O–H groups in total. The van der Waals surface area contributed by atoms with Crippen molar-refractivity contribution in [2.24, 2.45) is 0 Å². The van der Waals surface area contributed by atoms with Crippen molar-refractivity contribution in [1.82, 2.24) is 8.94 Å². The second-order valence-corrected chi connectivity index (χ2v) is 9.63. The molecule has 1 heterocycles. The number of para-hydroxylation sites is 1. The van der Waals surface area contributed by atoms with Crippen LogP contribution >= 0.6 is 11.9 Å². The molecule has 0 radical (unpaired) electrons. The van der Waals surface area contributed by atoms with E-state index in [-0.39, 0.29) is 4.75 Å². The Balaban J connectivity index is 0.00000143. The van der Waals surface area contributed by atoms with Crippen molar-refractivity contribution in [3.05, 3.63) is 55.6 Å². The van der Waals surface area contributed by atoms with Crippen LogP contribution in [0.4, 0.5) is 5.69 Å². The largest absolute Gasteiger partial charge is 0.415 e. The summed E-state index contributed by atoms with van der Waals surface area (Å²) in [5.74, 6) is 0. The fourth-order valence-corrected chi connectivity index (χ4v) is 4.83. The minimum Gasteiger partial charge on any atom is -0.415 e. The van der Waals surface area contributed by atoms with Crippen molar-refractivity contribution in [3.63, 3.8) is 0 Å². The van der Waals surface area contributed by atoms with Crippen molar-refractivity contribution >= 4 is 31.6 Å². The average Bonchev–Trinajstić information content (AvgIpc) is 2.71. The molecule has 1 aromatic carbocycles. The molecule has 29 heavy (non-hydrogen) atoms. The predicted molar refractivity (Wildman–Crippen MR) is 140 cm³/mol. The first-order valence-corrected chi connectivity index (χ1v) is 11.7. The summed E-state index contributed by atoms with van der Waals surface area (Å²) >= 11 is 1.94. The van der Waals surface area contributed by atoms with Gasteiger partial charge in [-0.25, -0.2) is 0 Å². The predicted octanol–water partition coefficient (Wildman–Crippen LogP) is 7.04. The van der Waals surface area contributed by atoms with E-state index in [0.29, 0.717) is 14.0 Å². The third kappa shape index (κ3) is 9.06. The zero-order valence-electron chi connectivity index (χ0n) is 20.0. The standard InChI is InChI=1S/C18H33B2N3S.C3H6.C2H4/c1-7-8-9-12-15-23-19(4)21-17-14-11-10-13-16(17)18(2,3)24-22(6)20(23)5;1-3-2;1-2/h10-11,13-14,21H,7-9,12,15H2,1-6H3;3H,1H2,2H3;1-2H2. The maximum Gasteiger partial charge on any atom is 0.326 e. The van der Waals surface area contributed by atoms with Gasteiger partial charge in [-0.05, 0) is 52.4 Å². The van der Waals surface area contributed by atoms with Crippen LogP contribution in [0, 0.1) is 0 Å². The summed E-state index contributed by atoms with van der Waals surface area (Å²) in [5, 5.41) is 3.79. The molecule has 3 nitrogen and oxygen atoms in total. The van der Waals surface area contributed by atoms with Crippen LogP contribution in [-0.4, -0.2) is 36.5 Å². The van der Waals surface area contributed by atoms with Crippen molar-refractivity contribution in [2.75, 3.05) is 18.8 Å². The van der Waals surface area contributed by atoms with Crippen molar-refractivity contribution in [2.45, 2.75) is 71.8 Å². The summed E-state index contributed by atoms with van der Waals surface area (Å²) in [7, 11) is 2.23. The fourth-order valence-electron chi connectivity index (χ4n) is 3.56. The van der Waals surface area contributed by atoms with Crippen LogP contribution in [0.5, 0.6) is 0 Å². The van der Waals surface area contributed by atoms with Crippen LogP contribution in [0.15, 0.2) is 50.1 Å². The highest BCUT2D eigenvalue weighted by atomic mass is 32.2. The Morgan fingerprint density at radius 1 is 1.14 bits per heavy atom. The third-order valence-corrected chi connectivity index (χ3v) is 6.36. The van der Waals surface area contributed by atoms with Crippen LogP contribution in [0.2, 0.25) is 13.6 Å². The highest BCUT2D eigenvalue weighted by Gasteiger charge is 2.36. The summed E-state index contributed by atoms with van der Waals surface area (Å²) in [6.07, 6.45) is 6.98. The first-order chi connectivity index (χ1) is 13.8. The smallest absolute Gasteiger partial charge is 0.326 e. The number of unbranched alkanes of at least 4 members (excludes halogenated alkanes) is 3. The van der Waals surface area contributed by atoms with Gasteiger partial charge < -0.3 is 9.95 Å². The van der Waals surface area contributed by atoms with E-state index < -0.39 is 0 Å². The van der Waals surface area contributed by atoms with Gasteiger partial charge in [0, 0.05) is 5.69 Å². The Hall–Kier alpha value is -1.10. The SMILES string of the molecule is C=C.C=CC.CCCCCCN1B(C)Nc2ccccc2C(C)(C)SN(C)B1C. The Morgan fingerprint density at radius 3 is 2.31 bits per heavy atom. The number of allylic oxidation sites excluding steroid dienone is 1. The van der Waals surface area contributed by atoms with E-state index in [0.717, 1.165) is 6.54 Å². The molecule has 162 valence electrons. The van der Waals surface area contributed by atoms with Gasteiger partial charge in [0.15, 0.2) is 0 Å². The van der Waals surface area contributed by atoms with E-state index in [2.05, 4.69) is 99.6 Å². The summed E-state index contributed by atoms with van der Waals surface area (Å²) in [6.45, 7) is 24.7. The van der Waals surface area contributed by atoms with E-state index in [9.17, 15) is 0 Å². The Labute approximate surface area is 186 Å². The molecule has 1 aliphatic heterocycles. The lowest BCUT2D eigenvalue weighted by molar-refractivity contribution is 0.541. The molecule has 0 fully saturated rings. The number of anilines is 1. The third-order valence-electron chi connectivity index (χ3n) is 5.09. The maximum atomic E-state index is 3.79. The first kappa shape index (κ1) is 27.9. The molecule has 0 amide bonds. The average molecular weight is 415 g/mol. The fraction of sp³-hybridized carbons (Fsp3) is 0.565. The second-order valence-electron chi connectivity index (χ2n) is 7.85. The Morgan fingerprint density at radius 2 is 1.72 bits per heavy atom. The highest BCUT2D eigenvalue weighted by molar-refractivity contribution is 7.98. The molecule has 6 heteroatoms. The highest BCUT2D eigenvalue weighted by Crippen LogP contribution is 2.42. The summed E-state index contributed by atoms with van der Waals surface area (Å²) in [5.41, 5.74) is 2.65. The Bertz CT molecular complexity index is 583. The monoisotopic (exact) mass is 415 g/mol. The first-order valence-electron chi connectivity index (χ1n) is 10.9. The molecule has 0 saturated heterocycles.